The number of aromatic nitrogens is 3. The van der Waals surface area contributed by atoms with Crippen LogP contribution in [-0.2, 0) is 0 Å². The molecule has 4 heterocycles. The Bertz CT molecular complexity index is 958. The van der Waals surface area contributed by atoms with Gasteiger partial charge in [0.05, 0.1) is 21.4 Å². The molecule has 4 rings (SSSR count). The van der Waals surface area contributed by atoms with Crippen LogP contribution in [0, 0.1) is 13.8 Å². The van der Waals surface area contributed by atoms with Crippen LogP contribution in [0.15, 0.2) is 42.9 Å². The fourth-order valence-corrected chi connectivity index (χ4v) is 3.81. The molecule has 0 unspecified atom stereocenters. The summed E-state index contributed by atoms with van der Waals surface area (Å²) < 4.78 is 1.21. The SMILES string of the molecule is Cc1sc2c(-c3ccncc3)nc3cccnc3c2c1C. The van der Waals surface area contributed by atoms with Gasteiger partial charge < -0.3 is 0 Å². The first-order valence-electron chi connectivity index (χ1n) is 6.80. The highest BCUT2D eigenvalue weighted by molar-refractivity contribution is 7.20. The van der Waals surface area contributed by atoms with Gasteiger partial charge in [-0.1, -0.05) is 0 Å². The molecule has 0 spiro atoms. The Morgan fingerprint density at radius 1 is 1.00 bits per heavy atom. The number of nitrogens with zero attached hydrogens (tertiary/aromatic N) is 3. The Balaban J connectivity index is 2.22. The van der Waals surface area contributed by atoms with Crippen molar-refractivity contribution in [2.75, 3.05) is 0 Å². The number of rotatable bonds is 1. The molecule has 0 radical (unpaired) electrons. The van der Waals surface area contributed by atoms with Gasteiger partial charge in [-0.3, -0.25) is 9.97 Å². The van der Waals surface area contributed by atoms with E-state index < -0.39 is 0 Å². The maximum absolute atomic E-state index is 4.85. The minimum Gasteiger partial charge on any atom is -0.265 e. The van der Waals surface area contributed by atoms with Crippen molar-refractivity contribution in [1.29, 1.82) is 0 Å². The van der Waals surface area contributed by atoms with Gasteiger partial charge in [-0.2, -0.15) is 0 Å². The van der Waals surface area contributed by atoms with Gasteiger partial charge in [-0.05, 0) is 43.7 Å². The third-order valence-corrected chi connectivity index (χ3v) is 5.02. The lowest BCUT2D eigenvalue weighted by molar-refractivity contribution is 1.31. The van der Waals surface area contributed by atoms with Crippen LogP contribution in [0.5, 0.6) is 0 Å². The number of thiophene rings is 1. The van der Waals surface area contributed by atoms with Crippen molar-refractivity contribution < 1.29 is 0 Å². The highest BCUT2D eigenvalue weighted by Crippen LogP contribution is 2.39. The first kappa shape index (κ1) is 12.4. The van der Waals surface area contributed by atoms with E-state index >= 15 is 0 Å². The van der Waals surface area contributed by atoms with E-state index in [2.05, 4.69) is 23.8 Å². The van der Waals surface area contributed by atoms with Crippen LogP contribution < -0.4 is 0 Å². The fraction of sp³-hybridized carbons (Fsp3) is 0.118. The van der Waals surface area contributed by atoms with Gasteiger partial charge in [0.25, 0.3) is 0 Å². The van der Waals surface area contributed by atoms with E-state index in [-0.39, 0.29) is 0 Å². The fourth-order valence-electron chi connectivity index (χ4n) is 2.64. The highest BCUT2D eigenvalue weighted by atomic mass is 32.1. The van der Waals surface area contributed by atoms with E-state index in [9.17, 15) is 0 Å². The third-order valence-electron chi connectivity index (χ3n) is 3.81. The molecule has 0 saturated carbocycles. The van der Waals surface area contributed by atoms with Crippen molar-refractivity contribution in [3.63, 3.8) is 0 Å². The van der Waals surface area contributed by atoms with Crippen molar-refractivity contribution in [2.24, 2.45) is 0 Å². The molecule has 4 heteroatoms. The molecule has 0 amide bonds. The summed E-state index contributed by atoms with van der Waals surface area (Å²) >= 11 is 1.79. The van der Waals surface area contributed by atoms with Gasteiger partial charge in [0.1, 0.15) is 0 Å². The van der Waals surface area contributed by atoms with Gasteiger partial charge in [0.2, 0.25) is 0 Å². The molecule has 102 valence electrons. The highest BCUT2D eigenvalue weighted by Gasteiger charge is 2.16. The standard InChI is InChI=1S/C17H13N3S/c1-10-11(2)21-17-14(10)16-13(4-3-7-19-16)20-15(17)12-5-8-18-9-6-12/h3-9H,1-2H3. The van der Waals surface area contributed by atoms with Crippen LogP contribution in [0.1, 0.15) is 10.4 Å². The summed E-state index contributed by atoms with van der Waals surface area (Å²) in [7, 11) is 0. The molecule has 0 atom stereocenters. The lowest BCUT2D eigenvalue weighted by atomic mass is 10.1. The van der Waals surface area contributed by atoms with Gasteiger partial charge in [0.15, 0.2) is 0 Å². The van der Waals surface area contributed by atoms with Crippen molar-refractivity contribution in [3.8, 4) is 11.3 Å². The Hall–Kier alpha value is -2.33. The van der Waals surface area contributed by atoms with E-state index in [0.29, 0.717) is 0 Å². The molecule has 0 saturated heterocycles. The minimum atomic E-state index is 0.942. The van der Waals surface area contributed by atoms with E-state index in [1.165, 1.54) is 20.5 Å². The number of hydrogen-bond acceptors (Lipinski definition) is 4. The zero-order valence-electron chi connectivity index (χ0n) is 11.8. The second-order valence-electron chi connectivity index (χ2n) is 5.05. The lowest BCUT2D eigenvalue weighted by Gasteiger charge is -2.06. The predicted octanol–water partition coefficient (Wildman–Crippen LogP) is 4.52. The van der Waals surface area contributed by atoms with Crippen LogP contribution in [0.3, 0.4) is 0 Å². The topological polar surface area (TPSA) is 38.7 Å². The van der Waals surface area contributed by atoms with Crippen LogP contribution in [-0.4, -0.2) is 15.0 Å². The van der Waals surface area contributed by atoms with Gasteiger partial charge in [0, 0.05) is 34.4 Å². The van der Waals surface area contributed by atoms with Crippen LogP contribution in [0.25, 0.3) is 32.4 Å². The molecular weight excluding hydrogens is 278 g/mol. The largest absolute Gasteiger partial charge is 0.265 e. The van der Waals surface area contributed by atoms with Crippen molar-refractivity contribution >= 4 is 32.5 Å². The molecular formula is C17H13N3S. The van der Waals surface area contributed by atoms with Crippen molar-refractivity contribution in [2.45, 2.75) is 13.8 Å². The third kappa shape index (κ3) is 1.83. The Morgan fingerprint density at radius 2 is 1.81 bits per heavy atom. The number of fused-ring (bicyclic) bond motifs is 3. The molecule has 0 aliphatic heterocycles. The summed E-state index contributed by atoms with van der Waals surface area (Å²) in [6.07, 6.45) is 5.45. The second-order valence-corrected chi connectivity index (χ2v) is 6.28. The van der Waals surface area contributed by atoms with Crippen LogP contribution in [0.4, 0.5) is 0 Å². The maximum atomic E-state index is 4.85. The van der Waals surface area contributed by atoms with E-state index in [4.69, 9.17) is 4.98 Å². The zero-order valence-corrected chi connectivity index (χ0v) is 12.6. The number of pyridine rings is 3. The first-order valence-corrected chi connectivity index (χ1v) is 7.62. The van der Waals surface area contributed by atoms with Crippen molar-refractivity contribution in [3.05, 3.63) is 53.3 Å². The molecule has 21 heavy (non-hydrogen) atoms. The molecule has 0 fully saturated rings. The quantitative estimate of drug-likeness (QED) is 0.517. The number of hydrogen-bond donors (Lipinski definition) is 0. The van der Waals surface area contributed by atoms with E-state index in [0.717, 1.165) is 22.3 Å². The van der Waals surface area contributed by atoms with Crippen LogP contribution in [0.2, 0.25) is 0 Å². The first-order chi connectivity index (χ1) is 10.3. The zero-order chi connectivity index (χ0) is 14.4. The Labute approximate surface area is 126 Å². The van der Waals surface area contributed by atoms with Crippen molar-refractivity contribution in [1.82, 2.24) is 15.0 Å². The van der Waals surface area contributed by atoms with E-state index in [1.54, 1.807) is 11.3 Å². The summed E-state index contributed by atoms with van der Waals surface area (Å²) in [5, 5.41) is 1.23. The number of aryl methyl sites for hydroxylation is 2. The van der Waals surface area contributed by atoms with Crippen LogP contribution >= 0.6 is 11.3 Å². The predicted molar refractivity (Wildman–Crippen MR) is 87.6 cm³/mol. The minimum absolute atomic E-state index is 0.942. The van der Waals surface area contributed by atoms with Gasteiger partial charge in [-0.25, -0.2) is 4.98 Å². The molecule has 0 bridgehead atoms. The lowest BCUT2D eigenvalue weighted by Crippen LogP contribution is -1.89. The average Bonchev–Trinajstić information content (AvgIpc) is 2.83. The summed E-state index contributed by atoms with van der Waals surface area (Å²) in [5.41, 5.74) is 5.36. The molecule has 0 aliphatic rings. The molecule has 0 aromatic carbocycles. The maximum Gasteiger partial charge on any atom is 0.0976 e. The molecule has 0 N–H and O–H groups in total. The summed E-state index contributed by atoms with van der Waals surface area (Å²) in [6, 6.07) is 7.98. The molecule has 4 aromatic heterocycles. The monoisotopic (exact) mass is 291 g/mol. The Morgan fingerprint density at radius 3 is 2.62 bits per heavy atom. The summed E-state index contributed by atoms with van der Waals surface area (Å²) in [4.78, 5) is 14.8. The summed E-state index contributed by atoms with van der Waals surface area (Å²) in [6.45, 7) is 4.32. The average molecular weight is 291 g/mol. The van der Waals surface area contributed by atoms with E-state index in [1.807, 2.05) is 42.9 Å². The smallest absolute Gasteiger partial charge is 0.0976 e. The second kappa shape index (κ2) is 4.60. The molecule has 0 aliphatic carbocycles. The van der Waals surface area contributed by atoms with Gasteiger partial charge >= 0.3 is 0 Å². The Kier molecular flexibility index (Phi) is 2.72. The normalized spacial score (nSPS) is 11.3. The molecule has 3 nitrogen and oxygen atoms in total. The summed E-state index contributed by atoms with van der Waals surface area (Å²) in [5.74, 6) is 0. The molecule has 4 aromatic rings. The van der Waals surface area contributed by atoms with Gasteiger partial charge in [-0.15, -0.1) is 11.3 Å².